The molecule has 4 rings (SSSR count). The van der Waals surface area contributed by atoms with E-state index in [1.165, 1.54) is 11.0 Å². The molecule has 0 radical (unpaired) electrons. The molecule has 1 unspecified atom stereocenters. The van der Waals surface area contributed by atoms with Crippen LogP contribution in [-0.4, -0.2) is 26.1 Å². The van der Waals surface area contributed by atoms with E-state index in [1.54, 1.807) is 18.2 Å². The second-order valence-electron chi connectivity index (χ2n) is 6.17. The molecule has 0 aliphatic carbocycles. The number of tetrazole rings is 1. The zero-order valence-electron chi connectivity index (χ0n) is 14.7. The Morgan fingerprint density at radius 1 is 0.929 bits per heavy atom. The van der Waals surface area contributed by atoms with Crippen LogP contribution >= 0.6 is 11.6 Å². The van der Waals surface area contributed by atoms with Crippen LogP contribution in [0.3, 0.4) is 0 Å². The summed E-state index contributed by atoms with van der Waals surface area (Å²) < 4.78 is 1.50. The van der Waals surface area contributed by atoms with Gasteiger partial charge in [-0.2, -0.15) is 0 Å². The molecule has 0 bridgehead atoms. The van der Waals surface area contributed by atoms with E-state index < -0.39 is 0 Å². The third-order valence-electron chi connectivity index (χ3n) is 4.33. The van der Waals surface area contributed by atoms with Crippen molar-refractivity contribution < 1.29 is 4.79 Å². The average molecular weight is 390 g/mol. The van der Waals surface area contributed by atoms with Crippen LogP contribution in [0.15, 0.2) is 85.2 Å². The first kappa shape index (κ1) is 17.9. The van der Waals surface area contributed by atoms with E-state index in [9.17, 15) is 4.79 Å². The van der Waals surface area contributed by atoms with Crippen LogP contribution in [0.4, 0.5) is 0 Å². The first-order chi connectivity index (χ1) is 13.7. The van der Waals surface area contributed by atoms with Crippen LogP contribution in [0.1, 0.15) is 27.5 Å². The normalized spacial score (nSPS) is 11.8. The number of aromatic nitrogens is 4. The minimum absolute atomic E-state index is 0.196. The van der Waals surface area contributed by atoms with Crippen molar-refractivity contribution in [2.75, 3.05) is 0 Å². The van der Waals surface area contributed by atoms with Crippen molar-refractivity contribution in [1.82, 2.24) is 25.5 Å². The Bertz CT molecular complexity index is 1070. The van der Waals surface area contributed by atoms with Gasteiger partial charge in [0.15, 0.2) is 0 Å². The van der Waals surface area contributed by atoms with Crippen molar-refractivity contribution in [2.24, 2.45) is 0 Å². The average Bonchev–Trinajstić information content (AvgIpc) is 3.28. The summed E-state index contributed by atoms with van der Waals surface area (Å²) in [6, 6.07) is 24.1. The number of hydrogen-bond donors (Lipinski definition) is 1. The predicted molar refractivity (Wildman–Crippen MR) is 106 cm³/mol. The first-order valence-corrected chi connectivity index (χ1v) is 9.03. The fourth-order valence-electron chi connectivity index (χ4n) is 2.94. The number of rotatable bonds is 5. The Labute approximate surface area is 166 Å². The molecule has 1 N–H and O–H groups in total. The highest BCUT2D eigenvalue weighted by Crippen LogP contribution is 2.24. The van der Waals surface area contributed by atoms with Gasteiger partial charge in [0.1, 0.15) is 6.33 Å². The SMILES string of the molecule is O=C(NC(c1ccccc1)c1ccc(Cl)cc1)c1cccc(-n2cnnn2)c1. The molecule has 1 aromatic heterocycles. The smallest absolute Gasteiger partial charge is 0.252 e. The van der Waals surface area contributed by atoms with Gasteiger partial charge >= 0.3 is 0 Å². The Morgan fingerprint density at radius 3 is 2.39 bits per heavy atom. The van der Waals surface area contributed by atoms with Gasteiger partial charge in [0.05, 0.1) is 11.7 Å². The maximum absolute atomic E-state index is 13.0. The molecule has 1 heterocycles. The number of hydrogen-bond acceptors (Lipinski definition) is 4. The molecule has 0 aliphatic rings. The highest BCUT2D eigenvalue weighted by Gasteiger charge is 2.18. The van der Waals surface area contributed by atoms with Crippen LogP contribution in [0.5, 0.6) is 0 Å². The summed E-state index contributed by atoms with van der Waals surface area (Å²) >= 11 is 6.02. The van der Waals surface area contributed by atoms with Crippen LogP contribution in [-0.2, 0) is 0 Å². The molecule has 0 fully saturated rings. The molecule has 28 heavy (non-hydrogen) atoms. The third-order valence-corrected chi connectivity index (χ3v) is 4.59. The van der Waals surface area contributed by atoms with Crippen molar-refractivity contribution in [3.05, 3.63) is 107 Å². The maximum Gasteiger partial charge on any atom is 0.252 e. The Morgan fingerprint density at radius 2 is 1.68 bits per heavy atom. The highest BCUT2D eigenvalue weighted by molar-refractivity contribution is 6.30. The maximum atomic E-state index is 13.0. The minimum atomic E-state index is -0.303. The van der Waals surface area contributed by atoms with Crippen molar-refractivity contribution in [3.63, 3.8) is 0 Å². The van der Waals surface area contributed by atoms with E-state index in [0.717, 1.165) is 11.1 Å². The number of carbonyl (C=O) groups excluding carboxylic acids is 1. The molecule has 1 amide bonds. The lowest BCUT2D eigenvalue weighted by molar-refractivity contribution is 0.0943. The lowest BCUT2D eigenvalue weighted by Gasteiger charge is -2.20. The van der Waals surface area contributed by atoms with Gasteiger partial charge < -0.3 is 5.32 Å². The summed E-state index contributed by atoms with van der Waals surface area (Å²) in [4.78, 5) is 13.0. The summed E-state index contributed by atoms with van der Waals surface area (Å²) in [6.45, 7) is 0. The van der Waals surface area contributed by atoms with Crippen molar-refractivity contribution in [2.45, 2.75) is 6.04 Å². The van der Waals surface area contributed by atoms with E-state index in [0.29, 0.717) is 16.3 Å². The second kappa shape index (κ2) is 8.02. The number of amides is 1. The molecule has 0 spiro atoms. The Balaban J connectivity index is 1.64. The zero-order chi connectivity index (χ0) is 19.3. The molecule has 4 aromatic rings. The second-order valence-corrected chi connectivity index (χ2v) is 6.61. The van der Waals surface area contributed by atoms with Crippen LogP contribution < -0.4 is 5.32 Å². The number of nitrogens with one attached hydrogen (secondary N) is 1. The van der Waals surface area contributed by atoms with Crippen molar-refractivity contribution >= 4 is 17.5 Å². The molecular formula is C21H16ClN5O. The molecule has 0 saturated heterocycles. The topological polar surface area (TPSA) is 72.7 Å². The lowest BCUT2D eigenvalue weighted by Crippen LogP contribution is -2.29. The van der Waals surface area contributed by atoms with E-state index in [-0.39, 0.29) is 11.9 Å². The summed E-state index contributed by atoms with van der Waals surface area (Å²) in [5, 5.41) is 14.9. The van der Waals surface area contributed by atoms with Gasteiger partial charge in [-0.15, -0.1) is 5.10 Å². The third kappa shape index (κ3) is 3.92. The molecule has 7 heteroatoms. The van der Waals surface area contributed by atoms with E-state index >= 15 is 0 Å². The molecule has 1 atom stereocenters. The number of carbonyl (C=O) groups is 1. The van der Waals surface area contributed by atoms with Gasteiger partial charge in [-0.05, 0) is 51.9 Å². The molecule has 0 aliphatic heterocycles. The van der Waals surface area contributed by atoms with E-state index in [4.69, 9.17) is 11.6 Å². The minimum Gasteiger partial charge on any atom is -0.341 e. The van der Waals surface area contributed by atoms with E-state index in [2.05, 4.69) is 20.8 Å². The first-order valence-electron chi connectivity index (χ1n) is 8.65. The van der Waals surface area contributed by atoms with Gasteiger partial charge in [-0.3, -0.25) is 4.79 Å². The van der Waals surface area contributed by atoms with Crippen molar-refractivity contribution in [3.8, 4) is 5.69 Å². The van der Waals surface area contributed by atoms with Crippen LogP contribution in [0.25, 0.3) is 5.69 Å². The molecule has 3 aromatic carbocycles. The summed E-state index contributed by atoms with van der Waals surface area (Å²) in [5.41, 5.74) is 3.15. The summed E-state index contributed by atoms with van der Waals surface area (Å²) in [6.07, 6.45) is 1.48. The quantitative estimate of drug-likeness (QED) is 0.563. The number of benzene rings is 3. The predicted octanol–water partition coefficient (Wildman–Crippen LogP) is 3.84. The van der Waals surface area contributed by atoms with Gasteiger partial charge in [-0.1, -0.05) is 60.1 Å². The highest BCUT2D eigenvalue weighted by atomic mass is 35.5. The van der Waals surface area contributed by atoms with Gasteiger partial charge in [0.25, 0.3) is 5.91 Å². The molecule has 138 valence electrons. The fraction of sp³-hybridized carbons (Fsp3) is 0.0476. The van der Waals surface area contributed by atoms with Gasteiger partial charge in [0.2, 0.25) is 0 Å². The standard InChI is InChI=1S/C21H16ClN5O/c22-18-11-9-16(10-12-18)20(15-5-2-1-3-6-15)24-21(28)17-7-4-8-19(13-17)27-14-23-25-26-27/h1-14,20H,(H,24,28). The van der Waals surface area contributed by atoms with Crippen molar-refractivity contribution in [1.29, 1.82) is 0 Å². The number of nitrogens with zero attached hydrogens (tertiary/aromatic N) is 4. The largest absolute Gasteiger partial charge is 0.341 e. The van der Waals surface area contributed by atoms with Crippen LogP contribution in [0, 0.1) is 0 Å². The van der Waals surface area contributed by atoms with Gasteiger partial charge in [-0.25, -0.2) is 4.68 Å². The van der Waals surface area contributed by atoms with Crippen LogP contribution in [0.2, 0.25) is 5.02 Å². The Kier molecular flexibility index (Phi) is 5.12. The molecule has 6 nitrogen and oxygen atoms in total. The molecular weight excluding hydrogens is 374 g/mol. The Hall–Kier alpha value is -3.51. The van der Waals surface area contributed by atoms with E-state index in [1.807, 2.05) is 60.7 Å². The zero-order valence-corrected chi connectivity index (χ0v) is 15.5. The molecule has 0 saturated carbocycles. The summed E-state index contributed by atoms with van der Waals surface area (Å²) in [5.74, 6) is -0.196. The number of halogens is 1. The monoisotopic (exact) mass is 389 g/mol. The fourth-order valence-corrected chi connectivity index (χ4v) is 3.07. The van der Waals surface area contributed by atoms with Gasteiger partial charge in [0, 0.05) is 10.6 Å². The lowest BCUT2D eigenvalue weighted by atomic mass is 9.98. The summed E-state index contributed by atoms with van der Waals surface area (Å²) in [7, 11) is 0.